The summed E-state index contributed by atoms with van der Waals surface area (Å²) in [5.41, 5.74) is 1.06. The SMILES string of the molecule is CC(C)CN(C)c1ccc(F)cc1. The van der Waals surface area contributed by atoms with Crippen LogP contribution in [-0.4, -0.2) is 13.6 Å². The van der Waals surface area contributed by atoms with Crippen molar-refractivity contribution >= 4 is 5.69 Å². The van der Waals surface area contributed by atoms with E-state index in [4.69, 9.17) is 0 Å². The third-order valence-electron chi connectivity index (χ3n) is 1.91. The summed E-state index contributed by atoms with van der Waals surface area (Å²) < 4.78 is 12.6. The van der Waals surface area contributed by atoms with Crippen LogP contribution in [-0.2, 0) is 0 Å². The minimum Gasteiger partial charge on any atom is -0.374 e. The molecule has 0 amide bonds. The number of rotatable bonds is 3. The van der Waals surface area contributed by atoms with Gasteiger partial charge in [0.25, 0.3) is 0 Å². The van der Waals surface area contributed by atoms with Gasteiger partial charge in [0.1, 0.15) is 5.82 Å². The Hall–Kier alpha value is -1.05. The van der Waals surface area contributed by atoms with Gasteiger partial charge in [-0.15, -0.1) is 0 Å². The lowest BCUT2D eigenvalue weighted by molar-refractivity contribution is 0.624. The van der Waals surface area contributed by atoms with Crippen molar-refractivity contribution in [1.29, 1.82) is 0 Å². The highest BCUT2D eigenvalue weighted by molar-refractivity contribution is 5.45. The van der Waals surface area contributed by atoms with E-state index in [-0.39, 0.29) is 5.82 Å². The van der Waals surface area contributed by atoms with Crippen LogP contribution >= 0.6 is 0 Å². The summed E-state index contributed by atoms with van der Waals surface area (Å²) >= 11 is 0. The second-order valence-corrected chi connectivity index (χ2v) is 3.75. The summed E-state index contributed by atoms with van der Waals surface area (Å²) in [6.45, 7) is 5.33. The number of halogens is 1. The zero-order valence-corrected chi connectivity index (χ0v) is 8.42. The van der Waals surface area contributed by atoms with Gasteiger partial charge in [0.05, 0.1) is 0 Å². The Bertz CT molecular complexity index is 253. The maximum absolute atomic E-state index is 12.6. The lowest BCUT2D eigenvalue weighted by Gasteiger charge is -2.21. The molecule has 1 nitrogen and oxygen atoms in total. The van der Waals surface area contributed by atoms with Crippen LogP contribution in [0, 0.1) is 11.7 Å². The van der Waals surface area contributed by atoms with E-state index >= 15 is 0 Å². The van der Waals surface area contributed by atoms with Gasteiger partial charge in [-0.05, 0) is 30.2 Å². The average Bonchev–Trinajstić information content (AvgIpc) is 2.04. The molecule has 0 bridgehead atoms. The lowest BCUT2D eigenvalue weighted by Crippen LogP contribution is -2.22. The highest BCUT2D eigenvalue weighted by Crippen LogP contribution is 2.14. The molecule has 0 atom stereocenters. The van der Waals surface area contributed by atoms with Gasteiger partial charge in [-0.2, -0.15) is 0 Å². The highest BCUT2D eigenvalue weighted by atomic mass is 19.1. The van der Waals surface area contributed by atoms with Crippen LogP contribution in [0.5, 0.6) is 0 Å². The van der Waals surface area contributed by atoms with Crippen LogP contribution in [0.2, 0.25) is 0 Å². The topological polar surface area (TPSA) is 3.24 Å². The molecule has 0 N–H and O–H groups in total. The molecule has 0 spiro atoms. The van der Waals surface area contributed by atoms with E-state index < -0.39 is 0 Å². The molecule has 0 radical (unpaired) electrons. The quantitative estimate of drug-likeness (QED) is 0.693. The van der Waals surface area contributed by atoms with E-state index in [1.807, 2.05) is 7.05 Å². The second-order valence-electron chi connectivity index (χ2n) is 3.75. The monoisotopic (exact) mass is 181 g/mol. The Balaban J connectivity index is 2.66. The molecule has 0 aliphatic heterocycles. The van der Waals surface area contributed by atoms with Gasteiger partial charge in [-0.1, -0.05) is 13.8 Å². The van der Waals surface area contributed by atoms with Gasteiger partial charge >= 0.3 is 0 Å². The van der Waals surface area contributed by atoms with E-state index in [9.17, 15) is 4.39 Å². The molecule has 0 aromatic heterocycles. The van der Waals surface area contributed by atoms with E-state index in [0.717, 1.165) is 12.2 Å². The summed E-state index contributed by atoms with van der Waals surface area (Å²) in [5, 5.41) is 0. The van der Waals surface area contributed by atoms with Gasteiger partial charge in [-0.3, -0.25) is 0 Å². The molecule has 0 fully saturated rings. The van der Waals surface area contributed by atoms with Crippen molar-refractivity contribution in [2.75, 3.05) is 18.5 Å². The molecule has 0 aliphatic carbocycles. The summed E-state index contributed by atoms with van der Waals surface area (Å²) in [6.07, 6.45) is 0. The maximum Gasteiger partial charge on any atom is 0.123 e. The lowest BCUT2D eigenvalue weighted by atomic mass is 10.2. The molecule has 0 unspecified atom stereocenters. The van der Waals surface area contributed by atoms with Crippen LogP contribution in [0.25, 0.3) is 0 Å². The largest absolute Gasteiger partial charge is 0.374 e. The molecule has 72 valence electrons. The minimum absolute atomic E-state index is 0.179. The summed E-state index contributed by atoms with van der Waals surface area (Å²) in [6, 6.07) is 6.59. The van der Waals surface area contributed by atoms with E-state index in [2.05, 4.69) is 18.7 Å². The Labute approximate surface area is 79.2 Å². The van der Waals surface area contributed by atoms with Crippen molar-refractivity contribution in [3.8, 4) is 0 Å². The molecule has 2 heteroatoms. The van der Waals surface area contributed by atoms with Crippen molar-refractivity contribution in [1.82, 2.24) is 0 Å². The molecular formula is C11H16FN. The van der Waals surface area contributed by atoms with Crippen molar-refractivity contribution in [2.24, 2.45) is 5.92 Å². The Morgan fingerprint density at radius 1 is 1.23 bits per heavy atom. The first-order chi connectivity index (χ1) is 6.09. The molecule has 1 aromatic rings. The number of hydrogen-bond donors (Lipinski definition) is 0. The van der Waals surface area contributed by atoms with Crippen LogP contribution in [0.15, 0.2) is 24.3 Å². The molecule has 1 rings (SSSR count). The normalized spacial score (nSPS) is 10.5. The molecule has 1 aromatic carbocycles. The van der Waals surface area contributed by atoms with Crippen molar-refractivity contribution < 1.29 is 4.39 Å². The zero-order chi connectivity index (χ0) is 9.84. The predicted octanol–water partition coefficient (Wildman–Crippen LogP) is 2.92. The third-order valence-corrected chi connectivity index (χ3v) is 1.91. The second kappa shape index (κ2) is 4.26. The number of nitrogens with zero attached hydrogens (tertiary/aromatic N) is 1. The van der Waals surface area contributed by atoms with Gasteiger partial charge < -0.3 is 4.90 Å². The third kappa shape index (κ3) is 3.05. The molecule has 0 saturated heterocycles. The van der Waals surface area contributed by atoms with Crippen molar-refractivity contribution in [3.63, 3.8) is 0 Å². The van der Waals surface area contributed by atoms with E-state index in [0.29, 0.717) is 5.92 Å². The van der Waals surface area contributed by atoms with Crippen LogP contribution in [0.1, 0.15) is 13.8 Å². The van der Waals surface area contributed by atoms with Crippen LogP contribution in [0.4, 0.5) is 10.1 Å². The fraction of sp³-hybridized carbons (Fsp3) is 0.455. The smallest absolute Gasteiger partial charge is 0.123 e. The summed E-state index contributed by atoms with van der Waals surface area (Å²) in [5.74, 6) is 0.441. The van der Waals surface area contributed by atoms with Crippen molar-refractivity contribution in [3.05, 3.63) is 30.1 Å². The van der Waals surface area contributed by atoms with Gasteiger partial charge in [0, 0.05) is 19.3 Å². The van der Waals surface area contributed by atoms with Gasteiger partial charge in [0.2, 0.25) is 0 Å². The Morgan fingerprint density at radius 3 is 2.23 bits per heavy atom. The van der Waals surface area contributed by atoms with Gasteiger partial charge in [-0.25, -0.2) is 4.39 Å². The minimum atomic E-state index is -0.179. The first-order valence-electron chi connectivity index (χ1n) is 4.56. The van der Waals surface area contributed by atoms with Crippen molar-refractivity contribution in [2.45, 2.75) is 13.8 Å². The molecule has 0 aliphatic rings. The number of anilines is 1. The first kappa shape index (κ1) is 10.0. The summed E-state index contributed by atoms with van der Waals surface area (Å²) in [4.78, 5) is 2.13. The predicted molar refractivity (Wildman–Crippen MR) is 54.5 cm³/mol. The highest BCUT2D eigenvalue weighted by Gasteiger charge is 2.02. The summed E-state index contributed by atoms with van der Waals surface area (Å²) in [7, 11) is 2.02. The fourth-order valence-corrected chi connectivity index (χ4v) is 1.35. The van der Waals surface area contributed by atoms with Crippen LogP contribution < -0.4 is 4.90 Å². The Kier molecular flexibility index (Phi) is 3.29. The maximum atomic E-state index is 12.6. The first-order valence-corrected chi connectivity index (χ1v) is 4.56. The zero-order valence-electron chi connectivity index (χ0n) is 8.42. The fourth-order valence-electron chi connectivity index (χ4n) is 1.35. The van der Waals surface area contributed by atoms with Crippen LogP contribution in [0.3, 0.4) is 0 Å². The molecule has 0 heterocycles. The van der Waals surface area contributed by atoms with E-state index in [1.54, 1.807) is 12.1 Å². The molecule has 13 heavy (non-hydrogen) atoms. The van der Waals surface area contributed by atoms with Gasteiger partial charge in [0.15, 0.2) is 0 Å². The number of benzene rings is 1. The number of hydrogen-bond acceptors (Lipinski definition) is 1. The van der Waals surface area contributed by atoms with E-state index in [1.165, 1.54) is 12.1 Å². The molecule has 0 saturated carbocycles. The Morgan fingerprint density at radius 2 is 1.77 bits per heavy atom. The standard InChI is InChI=1S/C11H16FN/c1-9(2)8-13(3)11-6-4-10(12)5-7-11/h4-7,9H,8H2,1-3H3. The average molecular weight is 181 g/mol. The molecular weight excluding hydrogens is 165 g/mol.